The van der Waals surface area contributed by atoms with Gasteiger partial charge in [0.15, 0.2) is 0 Å². The molecule has 2 N–H and O–H groups in total. The van der Waals surface area contributed by atoms with Crippen LogP contribution in [-0.2, 0) is 0 Å². The molecule has 0 radical (unpaired) electrons. The Bertz CT molecular complexity index is 998. The van der Waals surface area contributed by atoms with E-state index in [1.54, 1.807) is 36.0 Å². The maximum absolute atomic E-state index is 12.9. The van der Waals surface area contributed by atoms with E-state index < -0.39 is 17.6 Å². The largest absolute Gasteiger partial charge is 0.443 e. The lowest BCUT2D eigenvalue weighted by Gasteiger charge is -2.07. The molecule has 130 valence electrons. The number of aromatic nitrogens is 1. The van der Waals surface area contributed by atoms with Gasteiger partial charge in [-0.15, -0.1) is 0 Å². The molecule has 0 atom stereocenters. The average molecular weight is 352 g/mol. The van der Waals surface area contributed by atoms with Crippen LogP contribution in [0.15, 0.2) is 53.2 Å². The zero-order valence-electron chi connectivity index (χ0n) is 13.6. The second-order valence-electron chi connectivity index (χ2n) is 5.33. The zero-order chi connectivity index (χ0) is 18.7. The smallest absolute Gasteiger partial charge is 0.274 e. The quantitative estimate of drug-likeness (QED) is 0.707. The summed E-state index contributed by atoms with van der Waals surface area (Å²) in [6.45, 7) is 1.55. The Balaban J connectivity index is 1.79. The molecule has 1 aromatic carbocycles. The van der Waals surface area contributed by atoms with Gasteiger partial charge in [0.2, 0.25) is 5.88 Å². The van der Waals surface area contributed by atoms with Gasteiger partial charge in [-0.2, -0.15) is 5.26 Å². The highest BCUT2D eigenvalue weighted by Crippen LogP contribution is 2.25. The molecule has 7 nitrogen and oxygen atoms in total. The molecule has 0 saturated carbocycles. The molecular weight excluding hydrogens is 339 g/mol. The molecule has 3 aromatic rings. The Kier molecular flexibility index (Phi) is 4.53. The molecule has 2 amide bonds. The second-order valence-corrected chi connectivity index (χ2v) is 5.33. The summed E-state index contributed by atoms with van der Waals surface area (Å²) in [4.78, 5) is 24.4. The zero-order valence-corrected chi connectivity index (χ0v) is 13.6. The summed E-state index contributed by atoms with van der Waals surface area (Å²) in [5, 5.41) is 9.42. The minimum Gasteiger partial charge on any atom is -0.443 e. The van der Waals surface area contributed by atoms with Gasteiger partial charge in [-0.25, -0.2) is 4.39 Å². The van der Waals surface area contributed by atoms with Gasteiger partial charge >= 0.3 is 0 Å². The van der Waals surface area contributed by atoms with E-state index in [2.05, 4.69) is 10.9 Å². The standard InChI is InChI=1S/C18H13FN4O3/c1-11-15(14(10-20)18(26-11)23-8-2-3-9-23)17(25)22-21-16(24)12-4-6-13(19)7-5-12/h2-9H,1H3,(H,21,24)(H,22,25). The van der Waals surface area contributed by atoms with Crippen molar-refractivity contribution in [2.45, 2.75) is 6.92 Å². The van der Waals surface area contributed by atoms with Crippen molar-refractivity contribution in [3.8, 4) is 12.0 Å². The number of hydrogen-bond donors (Lipinski definition) is 2. The number of rotatable bonds is 3. The summed E-state index contributed by atoms with van der Waals surface area (Å²) in [5.74, 6) is -1.35. The van der Waals surface area contributed by atoms with E-state index in [0.29, 0.717) is 0 Å². The van der Waals surface area contributed by atoms with Crippen LogP contribution in [0.4, 0.5) is 4.39 Å². The van der Waals surface area contributed by atoms with E-state index in [9.17, 15) is 19.2 Å². The third kappa shape index (κ3) is 3.18. The van der Waals surface area contributed by atoms with Crippen molar-refractivity contribution in [1.82, 2.24) is 15.4 Å². The maximum Gasteiger partial charge on any atom is 0.274 e. The van der Waals surface area contributed by atoms with Crippen LogP contribution >= 0.6 is 0 Å². The number of halogens is 1. The minimum atomic E-state index is -0.698. The van der Waals surface area contributed by atoms with Crippen LogP contribution in [0.3, 0.4) is 0 Å². The van der Waals surface area contributed by atoms with Crippen molar-refractivity contribution < 1.29 is 18.4 Å². The Morgan fingerprint density at radius 2 is 1.73 bits per heavy atom. The van der Waals surface area contributed by atoms with Crippen molar-refractivity contribution in [3.63, 3.8) is 0 Å². The van der Waals surface area contributed by atoms with Crippen LogP contribution < -0.4 is 10.9 Å². The number of hydrazine groups is 1. The highest BCUT2D eigenvalue weighted by Gasteiger charge is 2.24. The van der Waals surface area contributed by atoms with Crippen LogP contribution in [0.2, 0.25) is 0 Å². The summed E-state index contributed by atoms with van der Waals surface area (Å²) in [7, 11) is 0. The van der Waals surface area contributed by atoms with Crippen LogP contribution in [-0.4, -0.2) is 16.4 Å². The number of nitrogens with one attached hydrogen (secondary N) is 2. The molecule has 0 bridgehead atoms. The van der Waals surface area contributed by atoms with Crippen molar-refractivity contribution in [3.05, 3.63) is 77.1 Å². The van der Waals surface area contributed by atoms with Gasteiger partial charge in [-0.05, 0) is 43.3 Å². The molecule has 2 heterocycles. The van der Waals surface area contributed by atoms with Gasteiger partial charge in [-0.3, -0.25) is 25.0 Å². The van der Waals surface area contributed by atoms with Crippen LogP contribution in [0.1, 0.15) is 32.0 Å². The molecule has 3 rings (SSSR count). The Morgan fingerprint density at radius 1 is 1.12 bits per heavy atom. The number of nitriles is 1. The third-order valence-corrected chi connectivity index (χ3v) is 3.64. The molecule has 0 aliphatic carbocycles. The van der Waals surface area contributed by atoms with Gasteiger partial charge in [0.25, 0.3) is 11.8 Å². The summed E-state index contributed by atoms with van der Waals surface area (Å²) >= 11 is 0. The highest BCUT2D eigenvalue weighted by atomic mass is 19.1. The van der Waals surface area contributed by atoms with Gasteiger partial charge in [0, 0.05) is 18.0 Å². The number of hydrogen-bond acceptors (Lipinski definition) is 4. The van der Waals surface area contributed by atoms with E-state index in [4.69, 9.17) is 4.42 Å². The van der Waals surface area contributed by atoms with E-state index in [1.165, 1.54) is 12.1 Å². The number of carbonyl (C=O) groups excluding carboxylic acids is 2. The molecule has 8 heteroatoms. The van der Waals surface area contributed by atoms with Crippen LogP contribution in [0.5, 0.6) is 0 Å². The predicted octanol–water partition coefficient (Wildman–Crippen LogP) is 2.46. The summed E-state index contributed by atoms with van der Waals surface area (Å²) in [6.07, 6.45) is 3.36. The molecule has 2 aromatic heterocycles. The van der Waals surface area contributed by atoms with Gasteiger partial charge in [0.1, 0.15) is 28.8 Å². The Morgan fingerprint density at radius 3 is 2.35 bits per heavy atom. The lowest BCUT2D eigenvalue weighted by molar-refractivity contribution is 0.0845. The minimum absolute atomic E-state index is 0.0237. The first-order chi connectivity index (χ1) is 12.5. The molecular formula is C18H13FN4O3. The fourth-order valence-electron chi connectivity index (χ4n) is 2.41. The molecule has 0 saturated heterocycles. The van der Waals surface area contributed by atoms with Crippen LogP contribution in [0.25, 0.3) is 5.88 Å². The Hall–Kier alpha value is -3.86. The third-order valence-electron chi connectivity index (χ3n) is 3.64. The monoisotopic (exact) mass is 352 g/mol. The predicted molar refractivity (Wildman–Crippen MR) is 88.8 cm³/mol. The maximum atomic E-state index is 12.9. The number of furan rings is 1. The van der Waals surface area contributed by atoms with E-state index in [0.717, 1.165) is 12.1 Å². The van der Waals surface area contributed by atoms with E-state index in [-0.39, 0.29) is 28.3 Å². The number of benzene rings is 1. The topological polar surface area (TPSA) is 100 Å². The molecule has 0 spiro atoms. The first kappa shape index (κ1) is 17.0. The summed E-state index contributed by atoms with van der Waals surface area (Å²) in [5.41, 5.74) is 4.70. The van der Waals surface area contributed by atoms with E-state index in [1.807, 2.05) is 6.07 Å². The SMILES string of the molecule is Cc1oc(-n2cccc2)c(C#N)c1C(=O)NNC(=O)c1ccc(F)cc1. The molecule has 0 aliphatic heterocycles. The first-order valence-electron chi connectivity index (χ1n) is 7.54. The molecule has 0 aliphatic rings. The highest BCUT2D eigenvalue weighted by molar-refractivity contribution is 6.01. The van der Waals surface area contributed by atoms with Crippen molar-refractivity contribution >= 4 is 11.8 Å². The van der Waals surface area contributed by atoms with Gasteiger partial charge < -0.3 is 4.42 Å². The fraction of sp³-hybridized carbons (Fsp3) is 0.0556. The summed E-state index contributed by atoms with van der Waals surface area (Å²) in [6, 6.07) is 10.3. The van der Waals surface area contributed by atoms with Crippen molar-refractivity contribution in [1.29, 1.82) is 5.26 Å². The molecule has 26 heavy (non-hydrogen) atoms. The van der Waals surface area contributed by atoms with Gasteiger partial charge in [0.05, 0.1) is 0 Å². The average Bonchev–Trinajstić information content (AvgIpc) is 3.27. The number of nitrogens with zero attached hydrogens (tertiary/aromatic N) is 2. The van der Waals surface area contributed by atoms with Gasteiger partial charge in [-0.1, -0.05) is 0 Å². The molecule has 0 unspecified atom stereocenters. The second kappa shape index (κ2) is 6.94. The van der Waals surface area contributed by atoms with Crippen molar-refractivity contribution in [2.24, 2.45) is 0 Å². The number of aryl methyl sites for hydroxylation is 1. The Labute approximate surface area is 147 Å². The summed E-state index contributed by atoms with van der Waals surface area (Å²) < 4.78 is 20.0. The number of amides is 2. The lowest BCUT2D eigenvalue weighted by atomic mass is 10.1. The first-order valence-corrected chi connectivity index (χ1v) is 7.54. The van der Waals surface area contributed by atoms with Crippen LogP contribution in [0, 0.1) is 24.1 Å². The molecule has 0 fully saturated rings. The normalized spacial score (nSPS) is 10.2. The number of carbonyl (C=O) groups is 2. The fourth-order valence-corrected chi connectivity index (χ4v) is 2.41. The van der Waals surface area contributed by atoms with Crippen molar-refractivity contribution in [2.75, 3.05) is 0 Å². The lowest BCUT2D eigenvalue weighted by Crippen LogP contribution is -2.42. The van der Waals surface area contributed by atoms with E-state index >= 15 is 0 Å².